The second-order valence-electron chi connectivity index (χ2n) is 5.71. The van der Waals surface area contributed by atoms with E-state index in [1.165, 1.54) is 0 Å². The van der Waals surface area contributed by atoms with Crippen molar-refractivity contribution < 1.29 is 14.3 Å². The molecule has 2 fully saturated rings. The van der Waals surface area contributed by atoms with Crippen molar-refractivity contribution in [3.05, 3.63) is 18.0 Å². The molecule has 1 amide bonds. The largest absolute Gasteiger partial charge is 0.381 e. The quantitative estimate of drug-likeness (QED) is 0.872. The Kier molecular flexibility index (Phi) is 3.76. The van der Waals surface area contributed by atoms with Gasteiger partial charge in [0.2, 0.25) is 0 Å². The SMILES string of the molecule is Cn1cc(C(=O)NC2CCOC3(CCOCC3)C2)cn1. The molecular formula is C14H21N3O3. The Labute approximate surface area is 118 Å². The molecule has 110 valence electrons. The van der Waals surface area contributed by atoms with Crippen LogP contribution >= 0.6 is 0 Å². The van der Waals surface area contributed by atoms with Gasteiger partial charge >= 0.3 is 0 Å². The van der Waals surface area contributed by atoms with E-state index < -0.39 is 0 Å². The van der Waals surface area contributed by atoms with Gasteiger partial charge in [-0.2, -0.15) is 5.10 Å². The van der Waals surface area contributed by atoms with Crippen molar-refractivity contribution >= 4 is 5.91 Å². The van der Waals surface area contributed by atoms with Gasteiger partial charge in [-0.3, -0.25) is 9.48 Å². The Morgan fingerprint density at radius 2 is 2.25 bits per heavy atom. The van der Waals surface area contributed by atoms with Crippen LogP contribution < -0.4 is 5.32 Å². The third-order valence-electron chi connectivity index (χ3n) is 4.20. The maximum absolute atomic E-state index is 12.2. The minimum absolute atomic E-state index is 0.0489. The predicted octanol–water partition coefficient (Wildman–Crippen LogP) is 0.878. The molecule has 2 saturated heterocycles. The third-order valence-corrected chi connectivity index (χ3v) is 4.20. The molecule has 3 rings (SSSR count). The number of rotatable bonds is 2. The average molecular weight is 279 g/mol. The van der Waals surface area contributed by atoms with Gasteiger partial charge in [0, 0.05) is 39.1 Å². The minimum Gasteiger partial charge on any atom is -0.381 e. The molecule has 6 nitrogen and oxygen atoms in total. The van der Waals surface area contributed by atoms with Crippen molar-refractivity contribution in [1.29, 1.82) is 0 Å². The fraction of sp³-hybridized carbons (Fsp3) is 0.714. The van der Waals surface area contributed by atoms with Gasteiger partial charge in [0.1, 0.15) is 0 Å². The first-order valence-electron chi connectivity index (χ1n) is 7.18. The third kappa shape index (κ3) is 2.86. The van der Waals surface area contributed by atoms with Crippen molar-refractivity contribution in [2.45, 2.75) is 37.3 Å². The number of ether oxygens (including phenoxy) is 2. The van der Waals surface area contributed by atoms with Crippen LogP contribution in [0, 0.1) is 0 Å². The van der Waals surface area contributed by atoms with E-state index in [0.717, 1.165) is 38.9 Å². The number of carbonyl (C=O) groups is 1. The van der Waals surface area contributed by atoms with Gasteiger partial charge in [-0.05, 0) is 25.7 Å². The fourth-order valence-corrected chi connectivity index (χ4v) is 3.05. The summed E-state index contributed by atoms with van der Waals surface area (Å²) >= 11 is 0. The molecule has 1 atom stereocenters. The maximum Gasteiger partial charge on any atom is 0.254 e. The molecule has 1 spiro atoms. The summed E-state index contributed by atoms with van der Waals surface area (Å²) in [6, 6.07) is 0.176. The Hall–Kier alpha value is -1.40. The normalized spacial score (nSPS) is 25.6. The summed E-state index contributed by atoms with van der Waals surface area (Å²) in [5, 5.41) is 7.14. The topological polar surface area (TPSA) is 65.4 Å². The maximum atomic E-state index is 12.2. The smallest absolute Gasteiger partial charge is 0.254 e. The highest BCUT2D eigenvalue weighted by Gasteiger charge is 2.39. The van der Waals surface area contributed by atoms with Gasteiger partial charge in [0.05, 0.1) is 17.4 Å². The van der Waals surface area contributed by atoms with Crippen LogP contribution in [0.25, 0.3) is 0 Å². The lowest BCUT2D eigenvalue weighted by atomic mass is 9.84. The van der Waals surface area contributed by atoms with Gasteiger partial charge in [-0.25, -0.2) is 0 Å². The second kappa shape index (κ2) is 5.54. The summed E-state index contributed by atoms with van der Waals surface area (Å²) in [5.41, 5.74) is 0.517. The summed E-state index contributed by atoms with van der Waals surface area (Å²) in [6.45, 7) is 2.21. The molecule has 0 radical (unpaired) electrons. The number of carbonyl (C=O) groups excluding carboxylic acids is 1. The van der Waals surface area contributed by atoms with Crippen LogP contribution in [0.15, 0.2) is 12.4 Å². The van der Waals surface area contributed by atoms with Crippen LogP contribution in [-0.2, 0) is 16.5 Å². The van der Waals surface area contributed by atoms with Gasteiger partial charge in [0.25, 0.3) is 5.91 Å². The summed E-state index contributed by atoms with van der Waals surface area (Å²) in [4.78, 5) is 12.2. The van der Waals surface area contributed by atoms with E-state index >= 15 is 0 Å². The molecular weight excluding hydrogens is 258 g/mol. The van der Waals surface area contributed by atoms with Crippen molar-refractivity contribution in [2.24, 2.45) is 7.05 Å². The van der Waals surface area contributed by atoms with E-state index in [4.69, 9.17) is 9.47 Å². The van der Waals surface area contributed by atoms with Crippen LogP contribution in [0.5, 0.6) is 0 Å². The highest BCUT2D eigenvalue weighted by molar-refractivity contribution is 5.93. The fourth-order valence-electron chi connectivity index (χ4n) is 3.05. The van der Waals surface area contributed by atoms with Crippen LogP contribution in [-0.4, -0.2) is 47.2 Å². The number of hydrogen-bond donors (Lipinski definition) is 1. The Morgan fingerprint density at radius 3 is 2.95 bits per heavy atom. The molecule has 3 heterocycles. The standard InChI is InChI=1S/C14H21N3O3/c1-17-10-11(9-15-17)13(18)16-12-2-5-20-14(8-12)3-6-19-7-4-14/h9-10,12H,2-8H2,1H3,(H,16,18). The van der Waals surface area contributed by atoms with E-state index in [-0.39, 0.29) is 17.6 Å². The summed E-state index contributed by atoms with van der Waals surface area (Å²) in [6.07, 6.45) is 6.92. The Morgan fingerprint density at radius 1 is 1.45 bits per heavy atom. The van der Waals surface area contributed by atoms with E-state index in [0.29, 0.717) is 12.2 Å². The molecule has 0 aromatic carbocycles. The number of amides is 1. The van der Waals surface area contributed by atoms with E-state index in [1.807, 2.05) is 7.05 Å². The molecule has 2 aliphatic rings. The lowest BCUT2D eigenvalue weighted by molar-refractivity contribution is -0.139. The molecule has 1 aromatic heterocycles. The molecule has 6 heteroatoms. The molecule has 0 bridgehead atoms. The number of aromatic nitrogens is 2. The highest BCUT2D eigenvalue weighted by Crippen LogP contribution is 2.34. The highest BCUT2D eigenvalue weighted by atomic mass is 16.5. The van der Waals surface area contributed by atoms with Crippen LogP contribution in [0.2, 0.25) is 0 Å². The van der Waals surface area contributed by atoms with E-state index in [2.05, 4.69) is 10.4 Å². The van der Waals surface area contributed by atoms with Crippen LogP contribution in [0.4, 0.5) is 0 Å². The van der Waals surface area contributed by atoms with Crippen LogP contribution in [0.3, 0.4) is 0 Å². The summed E-state index contributed by atoms with van der Waals surface area (Å²) in [5.74, 6) is -0.0489. The summed E-state index contributed by atoms with van der Waals surface area (Å²) in [7, 11) is 1.81. The average Bonchev–Trinajstić information content (AvgIpc) is 2.86. The molecule has 20 heavy (non-hydrogen) atoms. The van der Waals surface area contributed by atoms with Crippen LogP contribution in [0.1, 0.15) is 36.0 Å². The molecule has 2 aliphatic heterocycles. The molecule has 1 N–H and O–H groups in total. The predicted molar refractivity (Wildman–Crippen MR) is 72.4 cm³/mol. The number of nitrogens with zero attached hydrogens (tertiary/aromatic N) is 2. The van der Waals surface area contributed by atoms with E-state index in [9.17, 15) is 4.79 Å². The lowest BCUT2D eigenvalue weighted by Gasteiger charge is -2.43. The monoisotopic (exact) mass is 279 g/mol. The number of hydrogen-bond acceptors (Lipinski definition) is 4. The number of aryl methyl sites for hydroxylation is 1. The van der Waals surface area contributed by atoms with Crippen molar-refractivity contribution in [3.63, 3.8) is 0 Å². The molecule has 1 unspecified atom stereocenters. The first kappa shape index (κ1) is 13.6. The first-order chi connectivity index (χ1) is 9.67. The Balaban J connectivity index is 1.61. The second-order valence-corrected chi connectivity index (χ2v) is 5.71. The molecule has 1 aromatic rings. The molecule has 0 aliphatic carbocycles. The Bertz CT molecular complexity index is 474. The van der Waals surface area contributed by atoms with Gasteiger partial charge in [-0.15, -0.1) is 0 Å². The van der Waals surface area contributed by atoms with Crippen molar-refractivity contribution in [3.8, 4) is 0 Å². The van der Waals surface area contributed by atoms with Gasteiger partial charge in [-0.1, -0.05) is 0 Å². The van der Waals surface area contributed by atoms with Gasteiger partial charge in [0.15, 0.2) is 0 Å². The zero-order valence-corrected chi connectivity index (χ0v) is 11.8. The summed E-state index contributed by atoms with van der Waals surface area (Å²) < 4.78 is 13.0. The van der Waals surface area contributed by atoms with E-state index in [1.54, 1.807) is 17.1 Å². The number of nitrogens with one attached hydrogen (secondary N) is 1. The zero-order valence-electron chi connectivity index (χ0n) is 11.8. The van der Waals surface area contributed by atoms with Crippen molar-refractivity contribution in [1.82, 2.24) is 15.1 Å². The van der Waals surface area contributed by atoms with Gasteiger partial charge < -0.3 is 14.8 Å². The minimum atomic E-state index is -0.0939. The van der Waals surface area contributed by atoms with Crippen molar-refractivity contribution in [2.75, 3.05) is 19.8 Å². The first-order valence-corrected chi connectivity index (χ1v) is 7.18. The lowest BCUT2D eigenvalue weighted by Crippen LogP contribution is -2.51. The zero-order chi connectivity index (χ0) is 14.0. The molecule has 0 saturated carbocycles.